The van der Waals surface area contributed by atoms with Crippen LogP contribution in [-0.2, 0) is 62.2 Å². The Kier molecular flexibility index (Phi) is 24.7. The van der Waals surface area contributed by atoms with Crippen LogP contribution in [0.15, 0.2) is 215 Å². The van der Waals surface area contributed by atoms with Crippen LogP contribution in [0, 0.1) is 0 Å². The summed E-state index contributed by atoms with van der Waals surface area (Å²) in [5, 5.41) is 4.97. The maximum absolute atomic E-state index is 13.0. The van der Waals surface area contributed by atoms with E-state index in [0.29, 0.717) is 119 Å². The molecule has 1 aliphatic carbocycles. The molecule has 0 radical (unpaired) electrons. The monoisotopic (exact) mass is 1590 g/mol. The molecule has 26 nitrogen and oxygen atoms in total. The number of anilines is 6. The summed E-state index contributed by atoms with van der Waals surface area (Å²) >= 11 is 19.5. The molecule has 3 aliphatic heterocycles. The van der Waals surface area contributed by atoms with Gasteiger partial charge in [0.05, 0.1) is 31.8 Å². The Morgan fingerprint density at radius 2 is 1.10 bits per heavy atom. The second kappa shape index (κ2) is 34.6. The van der Waals surface area contributed by atoms with E-state index in [1.54, 1.807) is 100 Å². The highest BCUT2D eigenvalue weighted by molar-refractivity contribution is 7.93. The van der Waals surface area contributed by atoms with Gasteiger partial charge in [-0.25, -0.2) is 50.2 Å². The Morgan fingerprint density at radius 3 is 1.65 bits per heavy atom. The number of carbonyl (C=O) groups is 4. The van der Waals surface area contributed by atoms with Crippen molar-refractivity contribution in [3.05, 3.63) is 226 Å². The predicted molar refractivity (Wildman–Crippen MR) is 419 cm³/mol. The SMILES string of the molecule is CC1=C(CC(=O)N2CCN(c3ccc(S(=O)(=O)Nc4ccncn4)cc3)CC2)Cc2ccc(Cl)cc21.O=C(CCCOc1ccc(Cl)cc1)N1CCN(c2ccc(S(=O)(=O)Nc3ccncn3)cc2)CC1.O=C(CCn1ccc2cccc(Cl)c21)N1CCN(c2ccc(S(=O)(=O)Nc3nccs3)cc2)C(=O)C1.[HH].[HH]. The number of allylic oxidation sites excluding steroid dienone is 1. The number of benzene rings is 6. The largest absolute Gasteiger partial charge is 0.494 e. The van der Waals surface area contributed by atoms with Crippen molar-refractivity contribution in [2.75, 3.05) is 107 Å². The summed E-state index contributed by atoms with van der Waals surface area (Å²) in [6.45, 7) is 8.90. The molecule has 0 atom stereocenters. The van der Waals surface area contributed by atoms with Crippen LogP contribution in [0.1, 0.15) is 46.6 Å². The Labute approximate surface area is 641 Å². The molecule has 6 aromatic carbocycles. The Balaban J connectivity index is 0.000000173. The molecule has 0 bridgehead atoms. The highest BCUT2D eigenvalue weighted by atomic mass is 35.5. The van der Waals surface area contributed by atoms with Gasteiger partial charge in [-0.3, -0.25) is 33.3 Å². The molecule has 14 rings (SSSR count). The minimum Gasteiger partial charge on any atom is -0.494 e. The highest BCUT2D eigenvalue weighted by Gasteiger charge is 2.31. The average Bonchev–Trinajstić information content (AvgIpc) is 1.78. The van der Waals surface area contributed by atoms with Gasteiger partial charge in [0.2, 0.25) is 23.6 Å². The van der Waals surface area contributed by atoms with Gasteiger partial charge in [0, 0.05) is 157 Å². The summed E-state index contributed by atoms with van der Waals surface area (Å²) in [4.78, 5) is 82.1. The van der Waals surface area contributed by atoms with Crippen LogP contribution < -0.4 is 33.6 Å². The van der Waals surface area contributed by atoms with Crippen LogP contribution in [0.2, 0.25) is 15.1 Å². The van der Waals surface area contributed by atoms with E-state index in [2.05, 4.69) is 55.8 Å². The molecule has 3 fully saturated rings. The third kappa shape index (κ3) is 19.7. The van der Waals surface area contributed by atoms with Crippen LogP contribution in [0.5, 0.6) is 5.75 Å². The number of rotatable bonds is 22. The first-order valence-electron chi connectivity index (χ1n) is 34.1. The Hall–Kier alpha value is -10.2. The molecule has 0 spiro atoms. The van der Waals surface area contributed by atoms with E-state index in [4.69, 9.17) is 39.5 Å². The van der Waals surface area contributed by atoms with E-state index < -0.39 is 30.1 Å². The normalized spacial score (nSPS) is 14.7. The summed E-state index contributed by atoms with van der Waals surface area (Å²) in [5.41, 5.74) is 7.99. The van der Waals surface area contributed by atoms with Gasteiger partial charge in [0.25, 0.3) is 30.1 Å². The van der Waals surface area contributed by atoms with Gasteiger partial charge < -0.3 is 38.7 Å². The summed E-state index contributed by atoms with van der Waals surface area (Å²) in [7, 11) is -11.3. The predicted octanol–water partition coefficient (Wildman–Crippen LogP) is 11.7. The standard InChI is InChI=1S/C26H26ClN5O3S.C24H22ClN5O4S2.C24H26ClN5O4S.2H2/c1-18-20(14-19-2-3-21(27)16-24(18)19)15-26(33)32-12-10-31(11-13-32)22-4-6-23(7-5-22)36(34,35)30-25-8-9-28-17-29-25;25-20-3-1-2-17-8-11-28(23(17)20)12-9-21(31)29-13-14-30(22(32)16-29)18-4-6-19(7-5-18)36(33,34)27-24-26-10-15-35-24;25-19-3-7-21(8-4-19)34-17-1-2-24(31)30-15-13-29(14-16-30)20-5-9-22(10-6-20)35(32,33)28-23-11-12-26-18-27-23;;/h2-9,16-17H,10-15H2,1H3,(H,28,29,30);1-8,10-11,15H,9,12-14,16H2,(H,26,27);3-12,18H,1-2,13-17H2,(H,26,27,28);2*1H. The number of ether oxygens (including phenoxy) is 1. The minimum absolute atomic E-state index is 0. The lowest BCUT2D eigenvalue weighted by molar-refractivity contribution is -0.137. The van der Waals surface area contributed by atoms with Gasteiger partial charge in [-0.05, 0) is 170 Å². The lowest BCUT2D eigenvalue weighted by Gasteiger charge is -2.36. The molecule has 107 heavy (non-hydrogen) atoms. The number of nitrogens with zero attached hydrogens (tertiary/aromatic N) is 12. The number of nitrogens with one attached hydrogen (secondary N) is 3. The first-order valence-corrected chi connectivity index (χ1v) is 40.5. The van der Waals surface area contributed by atoms with Crippen LogP contribution in [-0.4, -0.2) is 172 Å². The maximum Gasteiger partial charge on any atom is 0.263 e. The van der Waals surface area contributed by atoms with Crippen molar-refractivity contribution in [2.45, 2.75) is 60.3 Å². The fourth-order valence-corrected chi connectivity index (χ4v) is 17.0. The molecule has 0 saturated carbocycles. The number of amides is 4. The quantitative estimate of drug-likeness (QED) is 0.0531. The number of para-hydroxylation sites is 1. The summed E-state index contributed by atoms with van der Waals surface area (Å²) in [6.07, 6.45) is 11.5. The molecule has 3 saturated heterocycles. The fraction of sp³-hybridized carbons (Fsp3) is 0.257. The number of fused-ring (bicyclic) bond motifs is 2. The molecular weight excluding hydrogens is 1510 g/mol. The molecule has 33 heteroatoms. The molecular formula is C74H78Cl3N15O11S4. The number of hydrogen-bond acceptors (Lipinski definition) is 19. The van der Waals surface area contributed by atoms with Crippen LogP contribution in [0.4, 0.5) is 33.8 Å². The molecule has 3 N–H and O–H groups in total. The van der Waals surface area contributed by atoms with E-state index in [9.17, 15) is 44.4 Å². The molecule has 4 amide bonds. The molecule has 7 heterocycles. The molecule has 560 valence electrons. The number of sulfonamides is 3. The molecule has 0 unspecified atom stereocenters. The van der Waals surface area contributed by atoms with Gasteiger partial charge >= 0.3 is 0 Å². The summed E-state index contributed by atoms with van der Waals surface area (Å²) in [6, 6.07) is 43.2. The van der Waals surface area contributed by atoms with Gasteiger partial charge in [0.15, 0.2) is 5.13 Å². The summed E-state index contributed by atoms with van der Waals surface area (Å²) < 4.78 is 90.3. The molecule has 10 aromatic rings. The fourth-order valence-electron chi connectivity index (χ4n) is 12.6. The topological polar surface area (TPSA) is 305 Å². The van der Waals surface area contributed by atoms with Gasteiger partial charge in [-0.15, -0.1) is 11.3 Å². The lowest BCUT2D eigenvalue weighted by Crippen LogP contribution is -2.52. The van der Waals surface area contributed by atoms with E-state index >= 15 is 0 Å². The lowest BCUT2D eigenvalue weighted by atomic mass is 10.1. The number of aryl methyl sites for hydroxylation is 1. The van der Waals surface area contributed by atoms with Gasteiger partial charge in [-0.1, -0.05) is 58.6 Å². The van der Waals surface area contributed by atoms with Crippen LogP contribution in [0.25, 0.3) is 16.5 Å². The second-order valence-electron chi connectivity index (χ2n) is 25.1. The molecule has 4 aliphatic rings. The number of piperazine rings is 3. The Bertz CT molecular complexity index is 5190. The van der Waals surface area contributed by atoms with Gasteiger partial charge in [0.1, 0.15) is 36.6 Å². The number of hydrogen-bond donors (Lipinski definition) is 3. The van der Waals surface area contributed by atoms with Crippen molar-refractivity contribution >= 4 is 150 Å². The zero-order valence-corrected chi connectivity index (χ0v) is 63.4. The zero-order valence-electron chi connectivity index (χ0n) is 57.8. The van der Waals surface area contributed by atoms with Crippen molar-refractivity contribution < 1.29 is 52.0 Å². The Morgan fingerprint density at radius 1 is 0.561 bits per heavy atom. The van der Waals surface area contributed by atoms with Crippen LogP contribution in [0.3, 0.4) is 0 Å². The van der Waals surface area contributed by atoms with E-state index in [0.717, 1.165) is 51.2 Å². The second-order valence-corrected chi connectivity index (χ2v) is 32.4. The van der Waals surface area contributed by atoms with Crippen molar-refractivity contribution in [1.29, 1.82) is 0 Å². The number of aromatic nitrogens is 6. The van der Waals surface area contributed by atoms with Crippen molar-refractivity contribution in [3.8, 4) is 5.75 Å². The van der Waals surface area contributed by atoms with Crippen molar-refractivity contribution in [2.24, 2.45) is 0 Å². The van der Waals surface area contributed by atoms with Gasteiger partial charge in [-0.2, -0.15) is 0 Å². The zero-order chi connectivity index (χ0) is 75.2. The smallest absolute Gasteiger partial charge is 0.263 e. The first-order chi connectivity index (χ1) is 51.5. The van der Waals surface area contributed by atoms with Crippen molar-refractivity contribution in [1.82, 2.24) is 44.2 Å². The van der Waals surface area contributed by atoms with Crippen LogP contribution >= 0.6 is 46.1 Å². The minimum atomic E-state index is -3.77. The van der Waals surface area contributed by atoms with E-state index in [-0.39, 0.29) is 70.9 Å². The van der Waals surface area contributed by atoms with Crippen molar-refractivity contribution in [3.63, 3.8) is 0 Å². The average molecular weight is 1590 g/mol. The van der Waals surface area contributed by atoms with E-state index in [1.165, 1.54) is 72.4 Å². The van der Waals surface area contributed by atoms with E-state index in [1.807, 2.05) is 63.0 Å². The molecule has 4 aromatic heterocycles. The number of carbonyl (C=O) groups excluding carboxylic acids is 4. The third-order valence-electron chi connectivity index (χ3n) is 18.3. The third-order valence-corrected chi connectivity index (χ3v) is 24.0. The number of thiazole rings is 1. The summed E-state index contributed by atoms with van der Waals surface area (Å²) in [5.74, 6) is 1.08. The highest BCUT2D eigenvalue weighted by Crippen LogP contribution is 2.37. The first kappa shape index (κ1) is 76.4. The number of halogens is 3. The maximum atomic E-state index is 13.0.